The Balaban J connectivity index is 1.91. The summed E-state index contributed by atoms with van der Waals surface area (Å²) in [6, 6.07) is 10.4. The maximum atomic E-state index is 12.2. The van der Waals surface area contributed by atoms with Crippen LogP contribution in [0.4, 0.5) is 5.69 Å². The van der Waals surface area contributed by atoms with E-state index >= 15 is 0 Å². The predicted octanol–water partition coefficient (Wildman–Crippen LogP) is 2.75. The molecule has 0 spiro atoms. The summed E-state index contributed by atoms with van der Waals surface area (Å²) in [4.78, 5) is 16.5. The van der Waals surface area contributed by atoms with Crippen molar-refractivity contribution >= 4 is 27.5 Å². The van der Waals surface area contributed by atoms with E-state index in [4.69, 9.17) is 0 Å². The monoisotopic (exact) mass is 324 g/mol. The van der Waals surface area contributed by atoms with Crippen LogP contribution < -0.4 is 4.90 Å². The van der Waals surface area contributed by atoms with Gasteiger partial charge < -0.3 is 9.80 Å². The van der Waals surface area contributed by atoms with E-state index in [-0.39, 0.29) is 10.7 Å². The number of para-hydroxylation sites is 1. The number of hydrogen-bond donors (Lipinski definition) is 0. The topological polar surface area (TPSA) is 23.6 Å². The normalized spacial score (nSPS) is 17.7. The van der Waals surface area contributed by atoms with Crippen molar-refractivity contribution in [2.75, 3.05) is 31.1 Å². The lowest BCUT2D eigenvalue weighted by Gasteiger charge is -2.37. The molecule has 0 radical (unpaired) electrons. The van der Waals surface area contributed by atoms with Crippen LogP contribution in [0, 0.1) is 5.92 Å². The number of hydrogen-bond acceptors (Lipinski definition) is 2. The third-order valence-electron chi connectivity index (χ3n) is 3.53. The third-order valence-corrected chi connectivity index (χ3v) is 4.98. The Kier molecular flexibility index (Phi) is 4.86. The van der Waals surface area contributed by atoms with Gasteiger partial charge in [0.25, 0.3) is 0 Å². The Bertz CT molecular complexity index is 413. The molecule has 0 aromatic heterocycles. The molecule has 1 aromatic rings. The van der Waals surface area contributed by atoms with Crippen LogP contribution in [0.3, 0.4) is 0 Å². The van der Waals surface area contributed by atoms with Crippen LogP contribution in [0.1, 0.15) is 13.8 Å². The van der Waals surface area contributed by atoms with Crippen molar-refractivity contribution in [3.63, 3.8) is 0 Å². The van der Waals surface area contributed by atoms with Gasteiger partial charge in [-0.15, -0.1) is 0 Å². The number of rotatable bonds is 3. The predicted molar refractivity (Wildman–Crippen MR) is 82.8 cm³/mol. The van der Waals surface area contributed by atoms with Crippen LogP contribution in [-0.2, 0) is 4.79 Å². The van der Waals surface area contributed by atoms with E-state index in [0.29, 0.717) is 5.92 Å². The molecule has 1 aliphatic heterocycles. The van der Waals surface area contributed by atoms with Crippen molar-refractivity contribution in [2.45, 2.75) is 18.7 Å². The Morgan fingerprint density at radius 2 is 1.68 bits per heavy atom. The maximum Gasteiger partial charge on any atom is 0.236 e. The molecule has 1 aromatic carbocycles. The summed E-state index contributed by atoms with van der Waals surface area (Å²) < 4.78 is 0. The molecule has 1 aliphatic rings. The highest BCUT2D eigenvalue weighted by Gasteiger charge is 2.27. The summed E-state index contributed by atoms with van der Waals surface area (Å²) in [7, 11) is 0. The smallest absolute Gasteiger partial charge is 0.236 e. The number of amides is 1. The average molecular weight is 325 g/mol. The van der Waals surface area contributed by atoms with Gasteiger partial charge in [-0.05, 0) is 18.1 Å². The summed E-state index contributed by atoms with van der Waals surface area (Å²) in [6.45, 7) is 7.57. The third kappa shape index (κ3) is 3.50. The second kappa shape index (κ2) is 6.42. The second-order valence-corrected chi connectivity index (χ2v) is 6.28. The van der Waals surface area contributed by atoms with Crippen molar-refractivity contribution in [1.82, 2.24) is 4.90 Å². The molecule has 1 unspecified atom stereocenters. The van der Waals surface area contributed by atoms with Crippen molar-refractivity contribution in [1.29, 1.82) is 0 Å². The van der Waals surface area contributed by atoms with E-state index in [1.165, 1.54) is 5.69 Å². The first kappa shape index (κ1) is 14.4. The van der Waals surface area contributed by atoms with E-state index in [2.05, 4.69) is 58.9 Å². The molecule has 0 saturated carbocycles. The van der Waals surface area contributed by atoms with Crippen LogP contribution >= 0.6 is 15.9 Å². The van der Waals surface area contributed by atoms with E-state index in [1.54, 1.807) is 0 Å². The van der Waals surface area contributed by atoms with E-state index in [0.717, 1.165) is 26.2 Å². The fraction of sp³-hybridized carbons (Fsp3) is 0.533. The molecule has 1 atom stereocenters. The Labute approximate surface area is 123 Å². The quantitative estimate of drug-likeness (QED) is 0.798. The van der Waals surface area contributed by atoms with Gasteiger partial charge in [0.2, 0.25) is 5.91 Å². The molecule has 104 valence electrons. The summed E-state index contributed by atoms with van der Waals surface area (Å²) in [5.74, 6) is 0.558. The molecule has 1 fully saturated rings. The zero-order chi connectivity index (χ0) is 13.8. The minimum atomic E-state index is -0.0595. The summed E-state index contributed by atoms with van der Waals surface area (Å²) in [6.07, 6.45) is 0. The molecular formula is C15H21BrN2O. The summed E-state index contributed by atoms with van der Waals surface area (Å²) in [5, 5.41) is 0. The standard InChI is InChI=1S/C15H21BrN2O/c1-12(2)14(16)15(19)18-10-8-17(9-11-18)13-6-4-3-5-7-13/h3-7,12,14H,8-11H2,1-2H3. The maximum absolute atomic E-state index is 12.2. The summed E-state index contributed by atoms with van der Waals surface area (Å²) in [5.41, 5.74) is 1.24. The highest BCUT2D eigenvalue weighted by molar-refractivity contribution is 9.10. The van der Waals surface area contributed by atoms with Gasteiger partial charge in [-0.3, -0.25) is 4.79 Å². The molecular weight excluding hydrogens is 304 g/mol. The zero-order valence-corrected chi connectivity index (χ0v) is 13.1. The van der Waals surface area contributed by atoms with E-state index in [9.17, 15) is 4.79 Å². The number of piperazine rings is 1. The number of halogens is 1. The van der Waals surface area contributed by atoms with E-state index in [1.807, 2.05) is 11.0 Å². The molecule has 0 N–H and O–H groups in total. The highest BCUT2D eigenvalue weighted by Crippen LogP contribution is 2.19. The van der Waals surface area contributed by atoms with E-state index < -0.39 is 0 Å². The molecule has 4 heteroatoms. The largest absolute Gasteiger partial charge is 0.368 e. The van der Waals surface area contributed by atoms with Crippen molar-refractivity contribution in [2.24, 2.45) is 5.92 Å². The van der Waals surface area contributed by atoms with Gasteiger partial charge >= 0.3 is 0 Å². The fourth-order valence-corrected chi connectivity index (χ4v) is 2.57. The minimum Gasteiger partial charge on any atom is -0.368 e. The SMILES string of the molecule is CC(C)C(Br)C(=O)N1CCN(c2ccccc2)CC1. The highest BCUT2D eigenvalue weighted by atomic mass is 79.9. The van der Waals surface area contributed by atoms with Gasteiger partial charge in [0.05, 0.1) is 4.83 Å². The zero-order valence-electron chi connectivity index (χ0n) is 11.6. The number of carbonyl (C=O) groups excluding carboxylic acids is 1. The molecule has 1 saturated heterocycles. The Morgan fingerprint density at radius 3 is 2.21 bits per heavy atom. The van der Waals surface area contributed by atoms with Crippen LogP contribution in [0.25, 0.3) is 0 Å². The van der Waals surface area contributed by atoms with Gasteiger partial charge in [-0.1, -0.05) is 48.0 Å². The molecule has 1 amide bonds. The lowest BCUT2D eigenvalue weighted by atomic mass is 10.1. The molecule has 0 aliphatic carbocycles. The van der Waals surface area contributed by atoms with Crippen LogP contribution in [0.5, 0.6) is 0 Å². The first-order valence-corrected chi connectivity index (χ1v) is 7.74. The Hall–Kier alpha value is -1.03. The first-order chi connectivity index (χ1) is 9.09. The van der Waals surface area contributed by atoms with Crippen molar-refractivity contribution < 1.29 is 4.79 Å². The van der Waals surface area contributed by atoms with Gasteiger partial charge in [0.1, 0.15) is 0 Å². The lowest BCUT2D eigenvalue weighted by molar-refractivity contribution is -0.131. The van der Waals surface area contributed by atoms with Gasteiger partial charge in [0, 0.05) is 31.9 Å². The fourth-order valence-electron chi connectivity index (χ4n) is 2.28. The van der Waals surface area contributed by atoms with Crippen molar-refractivity contribution in [3.8, 4) is 0 Å². The Morgan fingerprint density at radius 1 is 1.11 bits per heavy atom. The number of nitrogens with zero attached hydrogens (tertiary/aromatic N) is 2. The van der Waals surface area contributed by atoms with Crippen LogP contribution in [0.2, 0.25) is 0 Å². The van der Waals surface area contributed by atoms with Gasteiger partial charge in [0.15, 0.2) is 0 Å². The first-order valence-electron chi connectivity index (χ1n) is 6.82. The molecule has 0 bridgehead atoms. The number of anilines is 1. The summed E-state index contributed by atoms with van der Waals surface area (Å²) >= 11 is 3.50. The molecule has 19 heavy (non-hydrogen) atoms. The molecule has 3 nitrogen and oxygen atoms in total. The van der Waals surface area contributed by atoms with Crippen LogP contribution in [-0.4, -0.2) is 41.8 Å². The van der Waals surface area contributed by atoms with Crippen LogP contribution in [0.15, 0.2) is 30.3 Å². The lowest BCUT2D eigenvalue weighted by Crippen LogP contribution is -2.51. The molecule has 1 heterocycles. The average Bonchev–Trinajstić information content (AvgIpc) is 2.46. The number of alkyl halides is 1. The minimum absolute atomic E-state index is 0.0595. The number of carbonyl (C=O) groups is 1. The molecule has 2 rings (SSSR count). The van der Waals surface area contributed by atoms with Gasteiger partial charge in [-0.2, -0.15) is 0 Å². The van der Waals surface area contributed by atoms with Gasteiger partial charge in [-0.25, -0.2) is 0 Å². The number of benzene rings is 1. The second-order valence-electron chi connectivity index (χ2n) is 5.29. The van der Waals surface area contributed by atoms with Crippen molar-refractivity contribution in [3.05, 3.63) is 30.3 Å².